The van der Waals surface area contributed by atoms with Crippen molar-refractivity contribution in [2.45, 2.75) is 78.6 Å². The molecule has 2 heterocycles. The number of alkyl halides is 3. The number of anilines is 1. The number of thiophene rings is 1. The van der Waals surface area contributed by atoms with Gasteiger partial charge in [0.15, 0.2) is 5.78 Å². The Labute approximate surface area is 263 Å². The molecule has 0 aromatic carbocycles. The number of nitrogens with zero attached hydrogens (tertiary/aromatic N) is 1. The zero-order valence-electron chi connectivity index (χ0n) is 26.4. The van der Waals surface area contributed by atoms with Crippen molar-refractivity contribution in [3.63, 3.8) is 0 Å². The average Bonchev–Trinajstić information content (AvgIpc) is 3.57. The van der Waals surface area contributed by atoms with E-state index in [2.05, 4.69) is 45.8 Å². The number of hydrogen-bond donors (Lipinski definition) is 2. The van der Waals surface area contributed by atoms with Gasteiger partial charge < -0.3 is 20.0 Å². The summed E-state index contributed by atoms with van der Waals surface area (Å²) in [7, 11) is 1.71. The highest BCUT2D eigenvalue weighted by molar-refractivity contribution is 7.16. The molecule has 0 bridgehead atoms. The summed E-state index contributed by atoms with van der Waals surface area (Å²) in [4.78, 5) is 34.9. The van der Waals surface area contributed by atoms with Crippen LogP contribution in [0.4, 0.5) is 18.2 Å². The molecule has 7 nitrogen and oxygen atoms in total. The van der Waals surface area contributed by atoms with E-state index in [4.69, 9.17) is 9.90 Å². The first-order valence-corrected chi connectivity index (χ1v) is 15.6. The van der Waals surface area contributed by atoms with Gasteiger partial charge >= 0.3 is 6.36 Å². The van der Waals surface area contributed by atoms with Crippen LogP contribution in [0.5, 0.6) is 0 Å². The summed E-state index contributed by atoms with van der Waals surface area (Å²) in [5.74, 6) is 0.0644. The molecule has 1 saturated heterocycles. The quantitative estimate of drug-likeness (QED) is 0.0825. The molecule has 2 unspecified atom stereocenters. The fourth-order valence-electron chi connectivity index (χ4n) is 4.66. The third-order valence-corrected chi connectivity index (χ3v) is 7.92. The van der Waals surface area contributed by atoms with Gasteiger partial charge in [-0.3, -0.25) is 14.5 Å². The number of carbonyl (C=O) groups excluding carboxylic acids is 2. The Morgan fingerprint density at radius 3 is 2.43 bits per heavy atom. The number of hydrogen-bond acceptors (Lipinski definition) is 7. The van der Waals surface area contributed by atoms with Crippen LogP contribution in [0.3, 0.4) is 0 Å². The highest BCUT2D eigenvalue weighted by Crippen LogP contribution is 2.31. The van der Waals surface area contributed by atoms with Gasteiger partial charge in [0.1, 0.15) is 12.0 Å². The number of ketones is 1. The van der Waals surface area contributed by atoms with Crippen LogP contribution < -0.4 is 5.32 Å². The second-order valence-corrected chi connectivity index (χ2v) is 10.4. The lowest BCUT2D eigenvalue weighted by Gasteiger charge is -2.28. The van der Waals surface area contributed by atoms with Gasteiger partial charge in [-0.25, -0.2) is 0 Å². The molecule has 3 rings (SSSR count). The number of nitrogens with one attached hydrogen (secondary N) is 1. The summed E-state index contributed by atoms with van der Waals surface area (Å²) in [5, 5.41) is 10.6. The normalized spacial score (nSPS) is 18.3. The molecule has 246 valence electrons. The molecule has 1 aliphatic heterocycles. The van der Waals surface area contributed by atoms with Crippen LogP contribution in [0.1, 0.15) is 75.0 Å². The van der Waals surface area contributed by atoms with E-state index >= 15 is 0 Å². The van der Waals surface area contributed by atoms with Crippen LogP contribution in [0, 0.1) is 5.92 Å². The van der Waals surface area contributed by atoms with Crippen molar-refractivity contribution in [2.24, 2.45) is 5.92 Å². The fourth-order valence-corrected chi connectivity index (χ4v) is 5.61. The first kappa shape index (κ1) is 40.6. The van der Waals surface area contributed by atoms with Gasteiger partial charge in [-0.1, -0.05) is 64.7 Å². The van der Waals surface area contributed by atoms with Crippen LogP contribution in [0.2, 0.25) is 0 Å². The number of aldehydes is 1. The topological polar surface area (TPSA) is 95.9 Å². The predicted octanol–water partition coefficient (Wildman–Crippen LogP) is 8.38. The molecule has 1 aliphatic carbocycles. The Bertz CT molecular complexity index is 1140. The van der Waals surface area contributed by atoms with E-state index in [0.717, 1.165) is 35.2 Å². The summed E-state index contributed by atoms with van der Waals surface area (Å²) >= 11 is 1.47. The van der Waals surface area contributed by atoms with Gasteiger partial charge in [0, 0.05) is 30.0 Å². The molecule has 44 heavy (non-hydrogen) atoms. The molecular formula is C33H47F3N2O5S. The minimum absolute atomic E-state index is 0.0504. The molecule has 2 aliphatic rings. The Morgan fingerprint density at radius 2 is 1.89 bits per heavy atom. The standard InChI is InChI=1S/C17H20F3NO2S.C13H19NO.C2H6.CH2O2/c1-5-11(8-9-12(6-2)23-17(18,19)20)15(22)14-10-13(7-3)24-16(14)21-4;15-11-10-14-9-5-8-13(14)12-6-3-1-2-4-7-12;1-2;2-1-3/h5,8-10,21H,1,6-7H2,2-4H3;1-3,6,11-13H,4-5,7-10H2;1-2H3;1H,(H,2,3)/b11-8+,12-9+;;;. The second-order valence-electron chi connectivity index (χ2n) is 9.28. The van der Waals surface area contributed by atoms with Crippen molar-refractivity contribution in [3.05, 3.63) is 77.0 Å². The van der Waals surface area contributed by atoms with Crippen molar-refractivity contribution in [1.29, 1.82) is 0 Å². The van der Waals surface area contributed by atoms with Crippen LogP contribution in [-0.4, -0.2) is 61.1 Å². The van der Waals surface area contributed by atoms with Gasteiger partial charge in [0.05, 0.1) is 17.1 Å². The molecule has 0 amide bonds. The summed E-state index contributed by atoms with van der Waals surface area (Å²) < 4.78 is 40.8. The van der Waals surface area contributed by atoms with Crippen LogP contribution in [-0.2, 0) is 20.7 Å². The largest absolute Gasteiger partial charge is 0.572 e. The van der Waals surface area contributed by atoms with Gasteiger partial charge in [-0.15, -0.1) is 24.5 Å². The zero-order chi connectivity index (χ0) is 33.5. The Kier molecular flexibility index (Phi) is 21.2. The molecule has 2 N–H and O–H groups in total. The first-order valence-electron chi connectivity index (χ1n) is 14.8. The minimum Gasteiger partial charge on any atom is -0.483 e. The molecule has 0 radical (unpaired) electrons. The number of rotatable bonds is 11. The van der Waals surface area contributed by atoms with E-state index in [-0.39, 0.29) is 30.0 Å². The molecule has 1 fully saturated rings. The SMILES string of the molecule is C=C/C(=C\C=C(/CC)OC(F)(F)F)C(=O)c1cc(CC)sc1NC.CC.O=CCN1CCCC1C1C=CC=CCC1.O=CO. The molecule has 11 heteroatoms. The number of carboxylic acid groups (broad SMARTS) is 1. The number of aryl methyl sites for hydroxylation is 1. The number of Topliss-reactive ketones (excluding diaryl/α,β-unsaturated/α-hetero) is 1. The Morgan fingerprint density at radius 1 is 1.20 bits per heavy atom. The van der Waals surface area contributed by atoms with Gasteiger partial charge in [0.25, 0.3) is 6.47 Å². The van der Waals surface area contributed by atoms with Gasteiger partial charge in [-0.2, -0.15) is 0 Å². The Hall–Kier alpha value is -3.44. The highest BCUT2D eigenvalue weighted by Gasteiger charge is 2.31. The number of allylic oxidation sites excluding steroid dienone is 8. The van der Waals surface area contributed by atoms with Crippen molar-refractivity contribution in [2.75, 3.05) is 25.5 Å². The third-order valence-electron chi connectivity index (χ3n) is 6.62. The molecule has 1 aromatic heterocycles. The number of ether oxygens (including phenoxy) is 1. The van der Waals surface area contributed by atoms with Crippen molar-refractivity contribution in [3.8, 4) is 0 Å². The van der Waals surface area contributed by atoms with E-state index in [0.29, 0.717) is 24.1 Å². The van der Waals surface area contributed by atoms with E-state index in [1.807, 2.05) is 20.8 Å². The fraction of sp³-hybridized carbons (Fsp3) is 0.485. The van der Waals surface area contributed by atoms with Crippen molar-refractivity contribution >= 4 is 34.9 Å². The number of halogens is 3. The summed E-state index contributed by atoms with van der Waals surface area (Å²) in [6, 6.07) is 2.39. The average molecular weight is 641 g/mol. The summed E-state index contributed by atoms with van der Waals surface area (Å²) in [6.07, 6.45) is 14.6. The van der Waals surface area contributed by atoms with Crippen molar-refractivity contribution < 1.29 is 37.4 Å². The lowest BCUT2D eigenvalue weighted by Crippen LogP contribution is -2.36. The first-order chi connectivity index (χ1) is 21.1. The maximum absolute atomic E-state index is 12.6. The lowest BCUT2D eigenvalue weighted by molar-refractivity contribution is -0.306. The van der Waals surface area contributed by atoms with E-state index in [9.17, 15) is 22.8 Å². The second kappa shape index (κ2) is 23.0. The van der Waals surface area contributed by atoms with Crippen molar-refractivity contribution in [1.82, 2.24) is 4.90 Å². The molecule has 0 spiro atoms. The lowest BCUT2D eigenvalue weighted by atomic mass is 9.93. The zero-order valence-corrected chi connectivity index (χ0v) is 27.2. The van der Waals surface area contributed by atoms with E-state index < -0.39 is 6.36 Å². The molecule has 0 saturated carbocycles. The monoisotopic (exact) mass is 640 g/mol. The van der Waals surface area contributed by atoms with Crippen LogP contribution in [0.25, 0.3) is 0 Å². The molecule has 2 atom stereocenters. The smallest absolute Gasteiger partial charge is 0.483 e. The minimum atomic E-state index is -4.75. The van der Waals surface area contributed by atoms with Crippen LogP contribution >= 0.6 is 11.3 Å². The molecule has 1 aromatic rings. The van der Waals surface area contributed by atoms with Gasteiger partial charge in [-0.05, 0) is 62.8 Å². The van der Waals surface area contributed by atoms with Crippen LogP contribution in [0.15, 0.2) is 66.5 Å². The summed E-state index contributed by atoms with van der Waals surface area (Å²) in [5.41, 5.74) is 0.678. The third kappa shape index (κ3) is 14.8. The van der Waals surface area contributed by atoms with E-state index in [1.54, 1.807) is 13.1 Å². The number of likely N-dealkylation sites (tertiary alicyclic amines) is 1. The highest BCUT2D eigenvalue weighted by atomic mass is 32.1. The maximum atomic E-state index is 12.6. The van der Waals surface area contributed by atoms with E-state index in [1.165, 1.54) is 56.1 Å². The predicted molar refractivity (Wildman–Crippen MR) is 173 cm³/mol. The van der Waals surface area contributed by atoms with Gasteiger partial charge in [0.2, 0.25) is 0 Å². The number of carbonyl (C=O) groups is 3. The summed E-state index contributed by atoms with van der Waals surface area (Å²) in [6.45, 7) is 12.5. The Balaban J connectivity index is 0.000000784. The molecular weight excluding hydrogens is 593 g/mol. The maximum Gasteiger partial charge on any atom is 0.572 e.